The molecule has 0 atom stereocenters. The first-order valence-corrected chi connectivity index (χ1v) is 5.92. The molecule has 3 heterocycles. The number of hydrogen-bond acceptors (Lipinski definition) is 5. The molecular weight excluding hydrogens is 216 g/mol. The van der Waals surface area contributed by atoms with E-state index in [4.69, 9.17) is 5.73 Å². The second kappa shape index (κ2) is 3.96. The highest BCUT2D eigenvalue weighted by Crippen LogP contribution is 2.20. The molecule has 17 heavy (non-hydrogen) atoms. The van der Waals surface area contributed by atoms with Crippen LogP contribution in [0.1, 0.15) is 18.5 Å². The van der Waals surface area contributed by atoms with Crippen molar-refractivity contribution in [2.75, 3.05) is 18.0 Å². The van der Waals surface area contributed by atoms with Crippen molar-refractivity contribution >= 4 is 11.6 Å². The van der Waals surface area contributed by atoms with Crippen LogP contribution >= 0.6 is 0 Å². The number of rotatable bonds is 1. The smallest absolute Gasteiger partial charge is 0.256 e. The molecule has 0 spiro atoms. The maximum atomic E-state index is 5.93. The van der Waals surface area contributed by atoms with Crippen molar-refractivity contribution in [2.45, 2.75) is 25.8 Å². The van der Waals surface area contributed by atoms with E-state index in [2.05, 4.69) is 26.1 Å². The molecule has 0 aromatic carbocycles. The molecule has 6 heteroatoms. The standard InChI is InChI=1S/C11H16N6/c1-8-6-10(16-4-2-9(12)3-5-16)17-7-13-15-11(17)14-8/h6-7,9H,2-5,12H2,1H3. The van der Waals surface area contributed by atoms with Crippen molar-refractivity contribution in [2.24, 2.45) is 5.73 Å². The molecule has 2 aromatic rings. The number of aryl methyl sites for hydroxylation is 1. The van der Waals surface area contributed by atoms with Gasteiger partial charge in [-0.15, -0.1) is 10.2 Å². The molecule has 1 saturated heterocycles. The fourth-order valence-corrected chi connectivity index (χ4v) is 2.29. The van der Waals surface area contributed by atoms with E-state index in [1.165, 1.54) is 0 Å². The molecule has 1 aliphatic heterocycles. The maximum absolute atomic E-state index is 5.93. The van der Waals surface area contributed by atoms with Crippen molar-refractivity contribution in [3.63, 3.8) is 0 Å². The third-order valence-corrected chi connectivity index (χ3v) is 3.25. The molecule has 2 aromatic heterocycles. The average Bonchev–Trinajstić information content (AvgIpc) is 2.77. The Balaban J connectivity index is 2.01. The fourth-order valence-electron chi connectivity index (χ4n) is 2.29. The molecule has 1 fully saturated rings. The zero-order chi connectivity index (χ0) is 11.8. The molecule has 0 radical (unpaired) electrons. The van der Waals surface area contributed by atoms with Gasteiger partial charge >= 0.3 is 0 Å². The molecule has 3 rings (SSSR count). The summed E-state index contributed by atoms with van der Waals surface area (Å²) in [6.45, 7) is 3.95. The van der Waals surface area contributed by atoms with Gasteiger partial charge in [0, 0.05) is 30.9 Å². The highest BCUT2D eigenvalue weighted by Gasteiger charge is 2.19. The second-order valence-electron chi connectivity index (χ2n) is 4.58. The van der Waals surface area contributed by atoms with E-state index in [9.17, 15) is 0 Å². The van der Waals surface area contributed by atoms with Crippen LogP contribution < -0.4 is 10.6 Å². The number of nitrogens with zero attached hydrogens (tertiary/aromatic N) is 5. The summed E-state index contributed by atoms with van der Waals surface area (Å²) in [4.78, 5) is 6.67. The van der Waals surface area contributed by atoms with E-state index in [0.29, 0.717) is 11.8 Å². The first kappa shape index (κ1) is 10.5. The van der Waals surface area contributed by atoms with Crippen molar-refractivity contribution in [1.29, 1.82) is 0 Å². The summed E-state index contributed by atoms with van der Waals surface area (Å²) < 4.78 is 1.93. The summed E-state index contributed by atoms with van der Waals surface area (Å²) in [5.41, 5.74) is 6.90. The van der Waals surface area contributed by atoms with Crippen LogP contribution in [0.25, 0.3) is 5.78 Å². The van der Waals surface area contributed by atoms with Gasteiger partial charge in [0.25, 0.3) is 5.78 Å². The van der Waals surface area contributed by atoms with Crippen LogP contribution in [0.5, 0.6) is 0 Å². The third-order valence-electron chi connectivity index (χ3n) is 3.25. The summed E-state index contributed by atoms with van der Waals surface area (Å²) in [5.74, 6) is 1.78. The van der Waals surface area contributed by atoms with Crippen molar-refractivity contribution in [3.8, 4) is 0 Å². The number of aromatic nitrogens is 4. The van der Waals surface area contributed by atoms with Crippen LogP contribution in [-0.4, -0.2) is 38.7 Å². The number of piperidine rings is 1. The lowest BCUT2D eigenvalue weighted by atomic mass is 10.1. The van der Waals surface area contributed by atoms with Crippen LogP contribution in [0.4, 0.5) is 5.82 Å². The summed E-state index contributed by atoms with van der Waals surface area (Å²) in [6.07, 6.45) is 3.78. The predicted molar refractivity (Wildman–Crippen MR) is 64.9 cm³/mol. The summed E-state index contributed by atoms with van der Waals surface area (Å²) >= 11 is 0. The van der Waals surface area contributed by atoms with Gasteiger partial charge in [0.2, 0.25) is 0 Å². The lowest BCUT2D eigenvalue weighted by molar-refractivity contribution is 0.497. The molecule has 2 N–H and O–H groups in total. The Morgan fingerprint density at radius 2 is 2.12 bits per heavy atom. The Labute approximate surface area is 99.5 Å². The first-order chi connectivity index (χ1) is 8.24. The Morgan fingerprint density at radius 3 is 2.88 bits per heavy atom. The molecule has 6 nitrogen and oxygen atoms in total. The molecule has 1 aliphatic rings. The molecule has 0 aliphatic carbocycles. The summed E-state index contributed by atoms with van der Waals surface area (Å²) in [7, 11) is 0. The SMILES string of the molecule is Cc1cc(N2CCC(N)CC2)n2cnnc2n1. The minimum absolute atomic E-state index is 0.339. The summed E-state index contributed by atoms with van der Waals surface area (Å²) in [6, 6.07) is 2.42. The van der Waals surface area contributed by atoms with E-state index in [1.807, 2.05) is 11.3 Å². The highest BCUT2D eigenvalue weighted by molar-refractivity contribution is 5.48. The van der Waals surface area contributed by atoms with Gasteiger partial charge in [-0.05, 0) is 19.8 Å². The van der Waals surface area contributed by atoms with Gasteiger partial charge in [-0.1, -0.05) is 0 Å². The van der Waals surface area contributed by atoms with Crippen molar-refractivity contribution in [1.82, 2.24) is 19.6 Å². The summed E-state index contributed by atoms with van der Waals surface area (Å²) in [5, 5.41) is 7.91. The monoisotopic (exact) mass is 232 g/mol. The van der Waals surface area contributed by atoms with Gasteiger partial charge in [-0.2, -0.15) is 0 Å². The molecule has 90 valence electrons. The molecule has 0 amide bonds. The Kier molecular flexibility index (Phi) is 2.44. The lowest BCUT2D eigenvalue weighted by Crippen LogP contribution is -2.40. The number of fused-ring (bicyclic) bond motifs is 1. The van der Waals surface area contributed by atoms with Gasteiger partial charge in [0.15, 0.2) is 0 Å². The van der Waals surface area contributed by atoms with Gasteiger partial charge in [-0.25, -0.2) is 4.98 Å². The molecule has 0 saturated carbocycles. The van der Waals surface area contributed by atoms with Gasteiger partial charge in [0.1, 0.15) is 12.1 Å². The Bertz CT molecular complexity index is 526. The van der Waals surface area contributed by atoms with Gasteiger partial charge in [0.05, 0.1) is 0 Å². The topological polar surface area (TPSA) is 72.3 Å². The largest absolute Gasteiger partial charge is 0.357 e. The van der Waals surface area contributed by atoms with Gasteiger partial charge < -0.3 is 10.6 Å². The van der Waals surface area contributed by atoms with E-state index in [1.54, 1.807) is 6.33 Å². The predicted octanol–water partition coefficient (Wildman–Crippen LogP) is 0.360. The lowest BCUT2D eigenvalue weighted by Gasteiger charge is -2.32. The highest BCUT2D eigenvalue weighted by atomic mass is 15.3. The first-order valence-electron chi connectivity index (χ1n) is 5.92. The van der Waals surface area contributed by atoms with E-state index in [0.717, 1.165) is 37.4 Å². The zero-order valence-corrected chi connectivity index (χ0v) is 9.87. The van der Waals surface area contributed by atoms with Crippen molar-refractivity contribution < 1.29 is 0 Å². The van der Waals surface area contributed by atoms with E-state index in [-0.39, 0.29) is 0 Å². The van der Waals surface area contributed by atoms with Crippen LogP contribution in [-0.2, 0) is 0 Å². The van der Waals surface area contributed by atoms with Gasteiger partial charge in [-0.3, -0.25) is 4.40 Å². The van der Waals surface area contributed by atoms with Crippen molar-refractivity contribution in [3.05, 3.63) is 18.1 Å². The van der Waals surface area contributed by atoms with Crippen LogP contribution in [0.2, 0.25) is 0 Å². The fraction of sp³-hybridized carbons (Fsp3) is 0.545. The minimum atomic E-state index is 0.339. The zero-order valence-electron chi connectivity index (χ0n) is 9.87. The molecule has 0 unspecified atom stereocenters. The van der Waals surface area contributed by atoms with Crippen LogP contribution in [0.3, 0.4) is 0 Å². The number of hydrogen-bond donors (Lipinski definition) is 1. The minimum Gasteiger partial charge on any atom is -0.357 e. The normalized spacial score (nSPS) is 17.9. The average molecular weight is 232 g/mol. The molecule has 0 bridgehead atoms. The quantitative estimate of drug-likeness (QED) is 0.768. The number of anilines is 1. The van der Waals surface area contributed by atoms with E-state index < -0.39 is 0 Å². The maximum Gasteiger partial charge on any atom is 0.256 e. The Morgan fingerprint density at radius 1 is 1.35 bits per heavy atom. The second-order valence-corrected chi connectivity index (χ2v) is 4.58. The third kappa shape index (κ3) is 1.84. The van der Waals surface area contributed by atoms with Crippen LogP contribution in [0.15, 0.2) is 12.4 Å². The van der Waals surface area contributed by atoms with E-state index >= 15 is 0 Å². The van der Waals surface area contributed by atoms with Crippen LogP contribution in [0, 0.1) is 6.92 Å². The number of nitrogens with two attached hydrogens (primary N) is 1. The Hall–Kier alpha value is -1.69. The molecular formula is C11H16N6.